The van der Waals surface area contributed by atoms with Crippen LogP contribution in [-0.2, 0) is 11.3 Å². The van der Waals surface area contributed by atoms with Crippen LogP contribution in [0.4, 0.5) is 0 Å². The highest BCUT2D eigenvalue weighted by Crippen LogP contribution is 2.03. The van der Waals surface area contributed by atoms with E-state index in [0.29, 0.717) is 6.61 Å². The summed E-state index contributed by atoms with van der Waals surface area (Å²) in [5, 5.41) is 0. The fourth-order valence-corrected chi connectivity index (χ4v) is 0.851. The highest BCUT2D eigenvalue weighted by molar-refractivity contribution is 5.20. The SMILES string of the molecule is CC.COCc1ccc(C)cc1. The third-order valence-electron chi connectivity index (χ3n) is 1.43. The fourth-order valence-electron chi connectivity index (χ4n) is 0.851. The Morgan fingerprint density at radius 1 is 1.08 bits per heavy atom. The van der Waals surface area contributed by atoms with Crippen LogP contribution in [0, 0.1) is 6.92 Å². The van der Waals surface area contributed by atoms with Gasteiger partial charge in [0.15, 0.2) is 0 Å². The summed E-state index contributed by atoms with van der Waals surface area (Å²) >= 11 is 0. The first kappa shape index (κ1) is 11.2. The van der Waals surface area contributed by atoms with Crippen molar-refractivity contribution in [3.63, 3.8) is 0 Å². The average molecular weight is 166 g/mol. The lowest BCUT2D eigenvalue weighted by atomic mass is 10.2. The number of benzene rings is 1. The molecule has 0 saturated heterocycles. The predicted octanol–water partition coefficient (Wildman–Crippen LogP) is 3.17. The average Bonchev–Trinajstić information content (AvgIpc) is 2.13. The molecule has 0 aliphatic heterocycles. The van der Waals surface area contributed by atoms with E-state index in [2.05, 4.69) is 31.2 Å². The van der Waals surface area contributed by atoms with Crippen molar-refractivity contribution >= 4 is 0 Å². The molecule has 0 aromatic heterocycles. The standard InChI is InChI=1S/C9H12O.C2H6/c1-8-3-5-9(6-4-8)7-10-2;1-2/h3-6H,7H2,1-2H3;1-2H3. The molecule has 0 N–H and O–H groups in total. The Labute approximate surface area is 75.4 Å². The second-order valence-electron chi connectivity index (χ2n) is 2.42. The van der Waals surface area contributed by atoms with E-state index in [9.17, 15) is 0 Å². The highest BCUT2D eigenvalue weighted by Gasteiger charge is 1.88. The topological polar surface area (TPSA) is 9.23 Å². The van der Waals surface area contributed by atoms with Gasteiger partial charge in [0.25, 0.3) is 0 Å². The summed E-state index contributed by atoms with van der Waals surface area (Å²) in [6.45, 7) is 6.79. The van der Waals surface area contributed by atoms with E-state index in [1.54, 1.807) is 7.11 Å². The molecule has 0 aliphatic carbocycles. The van der Waals surface area contributed by atoms with Gasteiger partial charge in [0.05, 0.1) is 6.61 Å². The zero-order valence-corrected chi connectivity index (χ0v) is 8.42. The summed E-state index contributed by atoms with van der Waals surface area (Å²) in [4.78, 5) is 0. The Kier molecular flexibility index (Phi) is 6.39. The quantitative estimate of drug-likeness (QED) is 0.655. The molecule has 1 aromatic rings. The monoisotopic (exact) mass is 166 g/mol. The zero-order chi connectivity index (χ0) is 9.40. The van der Waals surface area contributed by atoms with E-state index in [0.717, 1.165) is 0 Å². The second-order valence-corrected chi connectivity index (χ2v) is 2.42. The summed E-state index contributed by atoms with van der Waals surface area (Å²) < 4.78 is 4.97. The zero-order valence-electron chi connectivity index (χ0n) is 8.42. The van der Waals surface area contributed by atoms with Gasteiger partial charge in [-0.15, -0.1) is 0 Å². The molecule has 1 rings (SSSR count). The minimum absolute atomic E-state index is 0.709. The van der Waals surface area contributed by atoms with Crippen LogP contribution in [0.2, 0.25) is 0 Å². The number of hydrogen-bond donors (Lipinski definition) is 0. The van der Waals surface area contributed by atoms with Crippen LogP contribution in [0.5, 0.6) is 0 Å². The maximum atomic E-state index is 4.97. The third-order valence-corrected chi connectivity index (χ3v) is 1.43. The first-order valence-electron chi connectivity index (χ1n) is 4.37. The van der Waals surface area contributed by atoms with Gasteiger partial charge in [0.2, 0.25) is 0 Å². The van der Waals surface area contributed by atoms with Gasteiger partial charge in [-0.1, -0.05) is 43.7 Å². The van der Waals surface area contributed by atoms with Crippen LogP contribution < -0.4 is 0 Å². The molecule has 0 aliphatic rings. The van der Waals surface area contributed by atoms with E-state index in [1.807, 2.05) is 13.8 Å². The van der Waals surface area contributed by atoms with Crippen molar-refractivity contribution in [2.24, 2.45) is 0 Å². The molecular weight excluding hydrogens is 148 g/mol. The molecule has 0 heterocycles. The van der Waals surface area contributed by atoms with Crippen LogP contribution in [0.15, 0.2) is 24.3 Å². The van der Waals surface area contributed by atoms with Gasteiger partial charge in [-0.2, -0.15) is 0 Å². The Morgan fingerprint density at radius 3 is 2.00 bits per heavy atom. The summed E-state index contributed by atoms with van der Waals surface area (Å²) in [6.07, 6.45) is 0. The van der Waals surface area contributed by atoms with Gasteiger partial charge in [-0.3, -0.25) is 0 Å². The van der Waals surface area contributed by atoms with Crippen LogP contribution in [0.3, 0.4) is 0 Å². The Balaban J connectivity index is 0.000000561. The normalized spacial score (nSPS) is 8.67. The molecule has 68 valence electrons. The number of rotatable bonds is 2. The van der Waals surface area contributed by atoms with E-state index < -0.39 is 0 Å². The molecule has 0 radical (unpaired) electrons. The number of hydrogen-bond acceptors (Lipinski definition) is 1. The highest BCUT2D eigenvalue weighted by atomic mass is 16.5. The number of ether oxygens (including phenoxy) is 1. The first-order valence-corrected chi connectivity index (χ1v) is 4.37. The maximum Gasteiger partial charge on any atom is 0.0713 e. The van der Waals surface area contributed by atoms with Crippen molar-refractivity contribution in [2.75, 3.05) is 7.11 Å². The van der Waals surface area contributed by atoms with Gasteiger partial charge in [-0.25, -0.2) is 0 Å². The Morgan fingerprint density at radius 2 is 1.58 bits per heavy atom. The van der Waals surface area contributed by atoms with E-state index >= 15 is 0 Å². The molecule has 0 fully saturated rings. The van der Waals surface area contributed by atoms with E-state index in [4.69, 9.17) is 4.74 Å². The third kappa shape index (κ3) is 4.14. The van der Waals surface area contributed by atoms with Crippen LogP contribution in [0.1, 0.15) is 25.0 Å². The van der Waals surface area contributed by atoms with E-state index in [1.165, 1.54) is 11.1 Å². The van der Waals surface area contributed by atoms with Crippen molar-refractivity contribution in [3.05, 3.63) is 35.4 Å². The molecule has 1 aromatic carbocycles. The van der Waals surface area contributed by atoms with Crippen LogP contribution in [-0.4, -0.2) is 7.11 Å². The molecule has 0 amide bonds. The number of methoxy groups -OCH3 is 1. The van der Waals surface area contributed by atoms with Crippen molar-refractivity contribution in [3.8, 4) is 0 Å². The molecule has 0 spiro atoms. The molecule has 0 atom stereocenters. The van der Waals surface area contributed by atoms with Gasteiger partial charge < -0.3 is 4.74 Å². The lowest BCUT2D eigenvalue weighted by Crippen LogP contribution is -1.85. The van der Waals surface area contributed by atoms with Crippen LogP contribution >= 0.6 is 0 Å². The Hall–Kier alpha value is -0.820. The molecular formula is C11H18O. The largest absolute Gasteiger partial charge is 0.380 e. The molecule has 0 bridgehead atoms. The molecule has 1 heteroatoms. The van der Waals surface area contributed by atoms with E-state index in [-0.39, 0.29) is 0 Å². The Bertz CT molecular complexity index is 189. The lowest BCUT2D eigenvalue weighted by Gasteiger charge is -1.98. The van der Waals surface area contributed by atoms with Crippen molar-refractivity contribution < 1.29 is 4.74 Å². The minimum Gasteiger partial charge on any atom is -0.380 e. The van der Waals surface area contributed by atoms with Gasteiger partial charge in [0, 0.05) is 7.11 Å². The van der Waals surface area contributed by atoms with Gasteiger partial charge >= 0.3 is 0 Å². The molecule has 0 unspecified atom stereocenters. The molecule has 12 heavy (non-hydrogen) atoms. The summed E-state index contributed by atoms with van der Waals surface area (Å²) in [6, 6.07) is 8.35. The summed E-state index contributed by atoms with van der Waals surface area (Å²) in [7, 11) is 1.71. The van der Waals surface area contributed by atoms with Gasteiger partial charge in [0.1, 0.15) is 0 Å². The number of aryl methyl sites for hydroxylation is 1. The van der Waals surface area contributed by atoms with Crippen molar-refractivity contribution in [1.82, 2.24) is 0 Å². The van der Waals surface area contributed by atoms with Crippen LogP contribution in [0.25, 0.3) is 0 Å². The van der Waals surface area contributed by atoms with Crippen molar-refractivity contribution in [1.29, 1.82) is 0 Å². The first-order chi connectivity index (χ1) is 5.83. The minimum atomic E-state index is 0.709. The molecule has 1 nitrogen and oxygen atoms in total. The smallest absolute Gasteiger partial charge is 0.0713 e. The predicted molar refractivity (Wildman–Crippen MR) is 53.2 cm³/mol. The van der Waals surface area contributed by atoms with Gasteiger partial charge in [-0.05, 0) is 12.5 Å². The molecule has 0 saturated carbocycles. The maximum absolute atomic E-state index is 4.97. The second kappa shape index (κ2) is 6.86. The lowest BCUT2D eigenvalue weighted by molar-refractivity contribution is 0.185. The van der Waals surface area contributed by atoms with Crippen molar-refractivity contribution in [2.45, 2.75) is 27.4 Å². The summed E-state index contributed by atoms with van der Waals surface area (Å²) in [5.74, 6) is 0. The summed E-state index contributed by atoms with van der Waals surface area (Å²) in [5.41, 5.74) is 2.52. The fraction of sp³-hybridized carbons (Fsp3) is 0.455.